The SMILES string of the molecule is C=CC(=O)N1CCN(c2nc(=O)n3c4nc(c(Cl)cc24)-c2c(F)cccc2NC(=O)COc2cccc(C(C)C)c2-3)CC1. The van der Waals surface area contributed by atoms with Gasteiger partial charge in [-0.05, 0) is 41.8 Å². The minimum absolute atomic E-state index is 0.0189. The van der Waals surface area contributed by atoms with Crippen molar-refractivity contribution in [3.05, 3.63) is 82.0 Å². The van der Waals surface area contributed by atoms with Crippen LogP contribution in [0.1, 0.15) is 25.3 Å². The lowest BCUT2D eigenvalue weighted by atomic mass is 10.00. The quantitative estimate of drug-likeness (QED) is 0.343. The Hall–Kier alpha value is -4.77. The maximum Gasteiger partial charge on any atom is 0.355 e. The van der Waals surface area contributed by atoms with Gasteiger partial charge in [-0.2, -0.15) is 4.98 Å². The van der Waals surface area contributed by atoms with Gasteiger partial charge in [-0.1, -0.05) is 50.2 Å². The molecule has 0 aliphatic carbocycles. The van der Waals surface area contributed by atoms with Gasteiger partial charge in [0.15, 0.2) is 12.3 Å². The van der Waals surface area contributed by atoms with E-state index in [1.807, 2.05) is 24.8 Å². The number of pyridine rings is 1. The highest BCUT2D eigenvalue weighted by molar-refractivity contribution is 6.34. The van der Waals surface area contributed by atoms with Gasteiger partial charge in [0.05, 0.1) is 33.0 Å². The van der Waals surface area contributed by atoms with Crippen LogP contribution in [0, 0.1) is 5.82 Å². The number of ether oxygens (including phenoxy) is 1. The van der Waals surface area contributed by atoms with E-state index in [4.69, 9.17) is 21.3 Å². The normalized spacial score (nSPS) is 14.9. The molecule has 0 unspecified atom stereocenters. The summed E-state index contributed by atoms with van der Waals surface area (Å²) in [5.41, 5.74) is 0.892. The second-order valence-electron chi connectivity index (χ2n) is 10.6. The number of para-hydroxylation sites is 1. The van der Waals surface area contributed by atoms with Gasteiger partial charge in [-0.25, -0.2) is 18.7 Å². The molecule has 2 aliphatic rings. The molecule has 1 fully saturated rings. The third-order valence-electron chi connectivity index (χ3n) is 7.63. The predicted molar refractivity (Wildman–Crippen MR) is 163 cm³/mol. The van der Waals surface area contributed by atoms with E-state index in [1.54, 1.807) is 29.2 Å². The average Bonchev–Trinajstić information content (AvgIpc) is 2.99. The number of carbonyl (C=O) groups is 2. The maximum absolute atomic E-state index is 15.4. The number of anilines is 2. The second-order valence-corrected chi connectivity index (χ2v) is 11.0. The number of nitrogens with one attached hydrogen (secondary N) is 1. The van der Waals surface area contributed by atoms with Crippen molar-refractivity contribution in [2.24, 2.45) is 0 Å². The highest BCUT2D eigenvalue weighted by Crippen LogP contribution is 2.40. The molecule has 2 amide bonds. The molecule has 0 spiro atoms. The van der Waals surface area contributed by atoms with E-state index in [2.05, 4.69) is 16.9 Å². The lowest BCUT2D eigenvalue weighted by Crippen LogP contribution is -2.49. The van der Waals surface area contributed by atoms with E-state index in [0.29, 0.717) is 43.1 Å². The Morgan fingerprint density at radius 1 is 1.12 bits per heavy atom. The van der Waals surface area contributed by atoms with Crippen molar-refractivity contribution >= 4 is 46.0 Å². The molecule has 1 N–H and O–H groups in total. The van der Waals surface area contributed by atoms with E-state index in [0.717, 1.165) is 5.56 Å². The van der Waals surface area contributed by atoms with Gasteiger partial charge in [0.2, 0.25) is 5.91 Å². The number of amides is 2. The van der Waals surface area contributed by atoms with Crippen molar-refractivity contribution in [3.8, 4) is 22.7 Å². The molecule has 4 aromatic rings. The molecular formula is C31H28ClFN6O4. The summed E-state index contributed by atoms with van der Waals surface area (Å²) in [4.78, 5) is 52.1. The van der Waals surface area contributed by atoms with Gasteiger partial charge < -0.3 is 19.9 Å². The predicted octanol–water partition coefficient (Wildman–Crippen LogP) is 4.53. The molecule has 0 radical (unpaired) electrons. The molecule has 1 saturated heterocycles. The van der Waals surface area contributed by atoms with Gasteiger partial charge in [-0.15, -0.1) is 0 Å². The summed E-state index contributed by atoms with van der Waals surface area (Å²) < 4.78 is 22.8. The Morgan fingerprint density at radius 3 is 2.58 bits per heavy atom. The number of hydrogen-bond donors (Lipinski definition) is 1. The Morgan fingerprint density at radius 2 is 1.86 bits per heavy atom. The van der Waals surface area contributed by atoms with Crippen LogP contribution in [-0.2, 0) is 9.59 Å². The molecular weight excluding hydrogens is 575 g/mol. The van der Waals surface area contributed by atoms with Crippen LogP contribution in [0.3, 0.4) is 0 Å². The first-order chi connectivity index (χ1) is 20.7. The highest BCUT2D eigenvalue weighted by Gasteiger charge is 2.29. The Kier molecular flexibility index (Phi) is 7.35. The summed E-state index contributed by atoms with van der Waals surface area (Å²) in [6.45, 7) is 8.74. The number of rotatable bonds is 3. The lowest BCUT2D eigenvalue weighted by molar-refractivity contribution is -0.126. The van der Waals surface area contributed by atoms with Crippen LogP contribution in [0.4, 0.5) is 15.9 Å². The fraction of sp³-hybridized carbons (Fsp3) is 0.258. The number of piperazine rings is 1. The minimum Gasteiger partial charge on any atom is -0.482 e. The first-order valence-electron chi connectivity index (χ1n) is 13.8. The van der Waals surface area contributed by atoms with Crippen LogP contribution >= 0.6 is 11.6 Å². The van der Waals surface area contributed by atoms with Crippen LogP contribution < -0.4 is 20.6 Å². The molecule has 0 atom stereocenters. The lowest BCUT2D eigenvalue weighted by Gasteiger charge is -2.35. The van der Waals surface area contributed by atoms with Crippen molar-refractivity contribution in [1.29, 1.82) is 0 Å². The number of halogens is 2. The summed E-state index contributed by atoms with van der Waals surface area (Å²) in [7, 11) is 0. The summed E-state index contributed by atoms with van der Waals surface area (Å²) in [5.74, 6) is -0.771. The third kappa shape index (κ3) is 4.99. The van der Waals surface area contributed by atoms with E-state index in [-0.39, 0.29) is 45.2 Å². The molecule has 220 valence electrons. The summed E-state index contributed by atoms with van der Waals surface area (Å²) in [5, 5.41) is 3.27. The van der Waals surface area contributed by atoms with Crippen LogP contribution in [0.15, 0.2) is 59.9 Å². The van der Waals surface area contributed by atoms with E-state index < -0.39 is 24.0 Å². The Labute approximate surface area is 251 Å². The molecule has 2 aliphatic heterocycles. The van der Waals surface area contributed by atoms with Crippen LogP contribution in [0.2, 0.25) is 5.02 Å². The average molecular weight is 603 g/mol. The fourth-order valence-corrected chi connectivity index (χ4v) is 5.80. The summed E-state index contributed by atoms with van der Waals surface area (Å²) in [6.07, 6.45) is 1.27. The first kappa shape index (κ1) is 28.4. The Balaban J connectivity index is 1.68. The second kappa shape index (κ2) is 11.1. The van der Waals surface area contributed by atoms with Gasteiger partial charge in [0.25, 0.3) is 5.91 Å². The summed E-state index contributed by atoms with van der Waals surface area (Å²) >= 11 is 6.81. The molecule has 10 nitrogen and oxygen atoms in total. The molecule has 0 saturated carbocycles. The number of fused-ring (bicyclic) bond motifs is 5. The van der Waals surface area contributed by atoms with Crippen LogP contribution in [0.5, 0.6) is 5.75 Å². The first-order valence-corrected chi connectivity index (χ1v) is 14.2. The van der Waals surface area contributed by atoms with Gasteiger partial charge in [0.1, 0.15) is 17.4 Å². The number of benzene rings is 2. The Bertz CT molecular complexity index is 1870. The molecule has 6 rings (SSSR count). The van der Waals surface area contributed by atoms with Gasteiger partial charge in [-0.3, -0.25) is 9.59 Å². The van der Waals surface area contributed by atoms with Gasteiger partial charge in [0, 0.05) is 26.2 Å². The van der Waals surface area contributed by atoms with Crippen molar-refractivity contribution in [2.75, 3.05) is 43.0 Å². The van der Waals surface area contributed by atoms with Crippen molar-refractivity contribution in [1.82, 2.24) is 19.4 Å². The molecule has 2 aromatic heterocycles. The number of carbonyl (C=O) groups excluding carboxylic acids is 2. The molecule has 2 bridgehead atoms. The summed E-state index contributed by atoms with van der Waals surface area (Å²) in [6, 6.07) is 11.2. The van der Waals surface area contributed by atoms with Crippen molar-refractivity contribution in [2.45, 2.75) is 19.8 Å². The largest absolute Gasteiger partial charge is 0.482 e. The van der Waals surface area contributed by atoms with Crippen molar-refractivity contribution < 1.29 is 18.7 Å². The number of nitrogens with zero attached hydrogens (tertiary/aromatic N) is 5. The smallest absolute Gasteiger partial charge is 0.355 e. The minimum atomic E-state index is -0.654. The molecule has 12 heteroatoms. The van der Waals surface area contributed by atoms with Crippen molar-refractivity contribution in [3.63, 3.8) is 0 Å². The topological polar surface area (TPSA) is 110 Å². The number of hydrogen-bond acceptors (Lipinski definition) is 7. The van der Waals surface area contributed by atoms with E-state index in [1.165, 1.54) is 22.8 Å². The zero-order chi connectivity index (χ0) is 30.4. The third-order valence-corrected chi connectivity index (χ3v) is 7.91. The number of aromatic nitrogens is 3. The molecule has 2 aromatic carbocycles. The highest BCUT2D eigenvalue weighted by atomic mass is 35.5. The zero-order valence-electron chi connectivity index (χ0n) is 23.6. The van der Waals surface area contributed by atoms with E-state index in [9.17, 15) is 14.4 Å². The fourth-order valence-electron chi connectivity index (χ4n) is 5.55. The zero-order valence-corrected chi connectivity index (χ0v) is 24.3. The van der Waals surface area contributed by atoms with Gasteiger partial charge >= 0.3 is 5.69 Å². The maximum atomic E-state index is 15.4. The van der Waals surface area contributed by atoms with Crippen LogP contribution in [0.25, 0.3) is 28.0 Å². The standard InChI is InChI=1S/C31H28ClFN6O4/c1-4-25(41)37-11-13-38(14-12-37)29-19-15-20(32)27-26-21(33)8-6-9-22(26)34-24(40)16-43-23-10-5-7-18(17(2)3)28(23)39(30(19)35-27)31(42)36-29/h4-10,15,17H,1,11-14,16H2,2-3H3,(H,34,40). The van der Waals surface area contributed by atoms with E-state index >= 15 is 4.39 Å². The van der Waals surface area contributed by atoms with Crippen LogP contribution in [-0.4, -0.2) is 64.0 Å². The molecule has 43 heavy (non-hydrogen) atoms. The monoisotopic (exact) mass is 602 g/mol. The molecule has 4 heterocycles.